The van der Waals surface area contributed by atoms with Crippen molar-refractivity contribution in [3.8, 4) is 0 Å². The van der Waals surface area contributed by atoms with Crippen LogP contribution in [0.1, 0.15) is 321 Å². The summed E-state index contributed by atoms with van der Waals surface area (Å²) in [5.74, 6) is 2.17. The molecular formula is C115H147N3O15. The highest BCUT2D eigenvalue weighted by atomic mass is 16.5. The average Bonchev–Trinajstić information content (AvgIpc) is 0.823. The lowest BCUT2D eigenvalue weighted by atomic mass is 9.43. The zero-order valence-electron chi connectivity index (χ0n) is 84.5. The van der Waals surface area contributed by atoms with Crippen molar-refractivity contribution < 1.29 is 71.8 Å². The van der Waals surface area contributed by atoms with Gasteiger partial charge >= 0.3 is 11.9 Å². The number of hydrogen-bond acceptors (Lipinski definition) is 15. The molecule has 10 saturated carbocycles. The van der Waals surface area contributed by atoms with E-state index in [9.17, 15) is 62.3 Å². The second-order valence-electron chi connectivity index (χ2n) is 49.3. The van der Waals surface area contributed by atoms with Crippen molar-refractivity contribution in [1.29, 1.82) is 0 Å². The van der Waals surface area contributed by atoms with Crippen LogP contribution < -0.4 is 0 Å². The van der Waals surface area contributed by atoms with Gasteiger partial charge in [-0.15, -0.1) is 0 Å². The van der Waals surface area contributed by atoms with Crippen molar-refractivity contribution in [3.63, 3.8) is 0 Å². The summed E-state index contributed by atoms with van der Waals surface area (Å²) in [6.07, 6.45) is 48.1. The predicted molar refractivity (Wildman–Crippen MR) is 513 cm³/mol. The van der Waals surface area contributed by atoms with E-state index in [-0.39, 0.29) is 182 Å². The van der Waals surface area contributed by atoms with Crippen molar-refractivity contribution >= 4 is 75.6 Å². The highest BCUT2D eigenvalue weighted by Crippen LogP contribution is 2.72. The first-order valence-electron chi connectivity index (χ1n) is 49.2. The Morgan fingerprint density at radius 2 is 0.654 bits per heavy atom. The van der Waals surface area contributed by atoms with E-state index in [1.54, 1.807) is 48.6 Å². The maximum atomic E-state index is 12.7. The molecule has 0 bridgehead atoms. The molecule has 0 heterocycles. The highest BCUT2D eigenvalue weighted by molar-refractivity contribution is 6.06. The van der Waals surface area contributed by atoms with E-state index in [1.165, 1.54) is 25.0 Å². The van der Waals surface area contributed by atoms with Crippen LogP contribution >= 0.6 is 0 Å². The standard InChI is InChI=1S/C20H28O4.C20H30O3.C19H23NO2.2C19H21NO2.C18H24O2/c1-12(21)24-17-11-13(22)10-15-19(4)9-7-16(23)18(2,3)14(19)6-8-20(15,17)5;1-13(21)23-17-8-6-7-15-19(4)12-10-16(22)18(2,3)14(19)9-11-20(15,17)5;3*1-17(2)14-7-9-18(3)8-6-12(21)10-15(18)19(14,4)11-13(20-5)16(17)22;1-16(2)13-6-9-17(3)8-5-12(19)11-14(17)18(13,4)10-7-15(16)20/h10,14,17H,6-9,11H2,1-5H3;7,14,17H,6,8-12H2,1-5H3;6,8,10,13-14H,7,9,11H2,1-4H3;2*6,8,10-11,14H,7,9H2,1-4H3;5,8,11,13H,6-7,9-10H2,1-4H3/t2*14-,17+,19-,20+;13?,14-,18+,19-;2*14-,18-,19+;13-,17+,18-/m000100/s1. The minimum absolute atomic E-state index is 0.00168. The summed E-state index contributed by atoms with van der Waals surface area (Å²) in [7, 11) is 0. The van der Waals surface area contributed by atoms with Crippen LogP contribution in [0.3, 0.4) is 0 Å². The number of allylic oxidation sites excluding steroid dienone is 22. The topological polar surface area (TPSA) is 253 Å². The van der Waals surface area contributed by atoms with E-state index in [1.807, 2.05) is 78.0 Å². The maximum Gasteiger partial charge on any atom is 0.302 e. The van der Waals surface area contributed by atoms with Gasteiger partial charge in [0.25, 0.3) is 6.04 Å². The quantitative estimate of drug-likeness (QED) is 0.141. The summed E-state index contributed by atoms with van der Waals surface area (Å²) in [4.78, 5) is 169. The van der Waals surface area contributed by atoms with Crippen LogP contribution in [0.2, 0.25) is 0 Å². The molecule has 1 unspecified atom stereocenters. The van der Waals surface area contributed by atoms with Crippen LogP contribution in [0.4, 0.5) is 0 Å². The Labute approximate surface area is 791 Å². The molecule has 10 fully saturated rings. The number of Topliss-reactive ketones (excluding diaryl/α,β-unsaturated/α-hetero) is 6. The molecule has 0 amide bonds. The minimum atomic E-state index is -0.583. The molecule has 18 aliphatic carbocycles. The molecule has 18 aliphatic rings. The summed E-state index contributed by atoms with van der Waals surface area (Å²) in [5, 5.41) is 0. The zero-order valence-corrected chi connectivity index (χ0v) is 84.5. The summed E-state index contributed by atoms with van der Waals surface area (Å²) >= 11 is 0. The van der Waals surface area contributed by atoms with Gasteiger partial charge in [0.15, 0.2) is 40.5 Å². The van der Waals surface area contributed by atoms with Gasteiger partial charge in [0.2, 0.25) is 17.2 Å². The number of carbonyl (C=O) groups is 13. The first-order chi connectivity index (χ1) is 61.3. The van der Waals surface area contributed by atoms with Gasteiger partial charge in [-0.05, 0) is 227 Å². The normalized spacial score (nSPS) is 41.3. The fourth-order valence-electron chi connectivity index (χ4n) is 31.8. The summed E-state index contributed by atoms with van der Waals surface area (Å²) in [6, 6.07) is -0.583. The molecule has 18 nitrogen and oxygen atoms in total. The maximum absolute atomic E-state index is 12.7. The fourth-order valence-corrected chi connectivity index (χ4v) is 31.8. The summed E-state index contributed by atoms with van der Waals surface area (Å²) in [6.45, 7) is 75.7. The van der Waals surface area contributed by atoms with Crippen molar-refractivity contribution in [1.82, 2.24) is 0 Å². The predicted octanol–water partition coefficient (Wildman–Crippen LogP) is 23.5. The average molecular weight is 1810 g/mol. The first kappa shape index (κ1) is 101. The Kier molecular flexibility index (Phi) is 25.7. The number of rotatable bonds is 2. The molecule has 133 heavy (non-hydrogen) atoms. The molecule has 0 N–H and O–H groups in total. The molecule has 0 spiro atoms. The smallest absolute Gasteiger partial charge is 0.302 e. The Morgan fingerprint density at radius 3 is 1.02 bits per heavy atom. The second kappa shape index (κ2) is 33.8. The van der Waals surface area contributed by atoms with Crippen molar-refractivity contribution in [3.05, 3.63) is 176 Å². The van der Waals surface area contributed by atoms with E-state index in [4.69, 9.17) is 29.2 Å². The second-order valence-corrected chi connectivity index (χ2v) is 49.3. The monoisotopic (exact) mass is 1810 g/mol. The van der Waals surface area contributed by atoms with Crippen molar-refractivity contribution in [2.24, 2.45) is 133 Å². The van der Waals surface area contributed by atoms with Gasteiger partial charge in [0.1, 0.15) is 29.6 Å². The lowest BCUT2D eigenvalue weighted by molar-refractivity contribution is -0.160. The van der Waals surface area contributed by atoms with E-state index in [2.05, 4.69) is 151 Å². The number of esters is 2. The third kappa shape index (κ3) is 16.2. The fraction of sp³-hybridized carbons (Fsp3) is 0.652. The number of ether oxygens (including phenoxy) is 2. The van der Waals surface area contributed by atoms with E-state index >= 15 is 0 Å². The van der Waals surface area contributed by atoms with Crippen LogP contribution in [0.25, 0.3) is 14.5 Å². The SMILES string of the molecule is CC(=O)O[C@@H]1CC(=O)C=C2[C@@]1(C)CC[C@H]1C(C)(C)C(=O)CC[C@]21C.CC(=O)O[C@@H]1CCC=C2[C@@]1(C)CC[C@H]1C(C)(C)C(=O)CC[C@]21C.CC1(C)C(=O)CC[C@]2(C)C3=CC(=O)C=C[C@]3(C)CC[C@@H]12.[C-]#[N+]C1=C[C@@]2(C)C3=CC(=O)C=C[C@@]3(C)CC[C@H]2C(C)(C)C1=O.[C-]#[N+]C1=C[C@]2(C)C3=CC(=O)C=C[C@]3(C)CC[C@@H]2C(C)(C)C1=O.[C-]#[N+]C1C[C@]2(C)C3=CC(=O)C=C[C@]3(C)CC[C@H]2C(C)(C)C1=O. The van der Waals surface area contributed by atoms with Gasteiger partial charge in [-0.2, -0.15) is 0 Å². The lowest BCUT2D eigenvalue weighted by Gasteiger charge is -2.61. The Hall–Kier alpha value is -9.34. The van der Waals surface area contributed by atoms with E-state index in [0.717, 1.165) is 131 Å². The van der Waals surface area contributed by atoms with Crippen LogP contribution in [-0.4, -0.2) is 93.8 Å². The van der Waals surface area contributed by atoms with Gasteiger partial charge < -0.3 is 23.9 Å². The number of fused-ring (bicyclic) bond motifs is 18. The van der Waals surface area contributed by atoms with Crippen LogP contribution in [0, 0.1) is 153 Å². The molecule has 0 aromatic carbocycles. The Balaban J connectivity index is 0.000000136. The Bertz CT molecular complexity index is 5490. The van der Waals surface area contributed by atoms with E-state index < -0.39 is 33.1 Å². The number of hydrogen-bond donors (Lipinski definition) is 0. The van der Waals surface area contributed by atoms with Gasteiger partial charge in [-0.3, -0.25) is 52.7 Å². The van der Waals surface area contributed by atoms with Crippen molar-refractivity contribution in [2.75, 3.05) is 0 Å². The van der Waals surface area contributed by atoms with Gasteiger partial charge in [-0.25, -0.2) is 16.3 Å². The number of nitrogens with zero attached hydrogens (tertiary/aromatic N) is 3. The lowest BCUT2D eigenvalue weighted by Crippen LogP contribution is -2.57. The first-order valence-corrected chi connectivity index (χ1v) is 49.2. The molecule has 18 heteroatoms. The molecule has 712 valence electrons. The van der Waals surface area contributed by atoms with Crippen LogP contribution in [0.15, 0.2) is 142 Å². The molecule has 21 atom stereocenters. The van der Waals surface area contributed by atoms with Gasteiger partial charge in [0, 0.05) is 127 Å². The third-order valence-corrected chi connectivity index (χ3v) is 39.1. The zero-order chi connectivity index (χ0) is 98.7. The summed E-state index contributed by atoms with van der Waals surface area (Å²) < 4.78 is 11.3. The largest absolute Gasteiger partial charge is 0.462 e. The number of ketones is 11. The van der Waals surface area contributed by atoms with Crippen LogP contribution in [0.5, 0.6) is 0 Å². The highest BCUT2D eigenvalue weighted by Gasteiger charge is 2.68. The van der Waals surface area contributed by atoms with E-state index in [0.29, 0.717) is 54.9 Å². The molecule has 0 aromatic heterocycles. The number of carbonyl (C=O) groups excluding carboxylic acids is 13. The Morgan fingerprint density at radius 1 is 0.338 bits per heavy atom. The molecule has 18 rings (SSSR count). The molecule has 0 aliphatic heterocycles. The minimum Gasteiger partial charge on any atom is -0.462 e. The molecular weight excluding hydrogens is 1660 g/mol. The van der Waals surface area contributed by atoms with Crippen LogP contribution in [-0.2, 0) is 71.8 Å². The van der Waals surface area contributed by atoms with Gasteiger partial charge in [0.05, 0.1) is 13.1 Å². The summed E-state index contributed by atoms with van der Waals surface area (Å²) in [5.41, 5.74) is 3.02. The van der Waals surface area contributed by atoms with Gasteiger partial charge in [-0.1, -0.05) is 231 Å². The molecule has 0 saturated heterocycles. The third-order valence-electron chi connectivity index (χ3n) is 39.1. The molecule has 0 radical (unpaired) electrons. The van der Waals surface area contributed by atoms with Crippen molar-refractivity contribution in [2.45, 2.75) is 340 Å². The molecule has 0 aromatic rings.